The monoisotopic (exact) mass is 459 g/mol. The molecular formula is C20H19F6N5O. The zero-order chi connectivity index (χ0) is 23.3. The maximum absolute atomic E-state index is 14.6. The summed E-state index contributed by atoms with van der Waals surface area (Å²) < 4.78 is 83.9. The van der Waals surface area contributed by atoms with Gasteiger partial charge in [0.1, 0.15) is 17.5 Å². The first-order chi connectivity index (χ1) is 15.0. The predicted octanol–water partition coefficient (Wildman–Crippen LogP) is 3.56. The van der Waals surface area contributed by atoms with E-state index in [1.807, 2.05) is 0 Å². The molecule has 0 amide bonds. The van der Waals surface area contributed by atoms with Crippen LogP contribution in [0.3, 0.4) is 0 Å². The minimum atomic E-state index is -4.96. The molecule has 0 unspecified atom stereocenters. The Hall–Kier alpha value is -2.86. The van der Waals surface area contributed by atoms with Crippen molar-refractivity contribution in [2.75, 3.05) is 18.4 Å². The molecule has 0 radical (unpaired) electrons. The summed E-state index contributed by atoms with van der Waals surface area (Å²) >= 11 is 0. The van der Waals surface area contributed by atoms with Crippen LogP contribution in [0.15, 0.2) is 30.6 Å². The van der Waals surface area contributed by atoms with E-state index in [0.29, 0.717) is 19.5 Å². The van der Waals surface area contributed by atoms with E-state index in [1.54, 1.807) is 0 Å². The fourth-order valence-corrected chi connectivity index (χ4v) is 3.50. The van der Waals surface area contributed by atoms with Gasteiger partial charge in [-0.25, -0.2) is 23.1 Å². The summed E-state index contributed by atoms with van der Waals surface area (Å²) in [7, 11) is 0. The Labute approximate surface area is 178 Å². The highest BCUT2D eigenvalue weighted by atomic mass is 19.4. The van der Waals surface area contributed by atoms with Crippen LogP contribution >= 0.6 is 0 Å². The Kier molecular flexibility index (Phi) is 5.53. The standard InChI is InChI=1S/C20H19F6N5O/c1-19(32,20(24,25)26)10-2-3-16-28-8-15(31(16)9-10)17-12(22)6-13(23)18(30-17)29-14-7-27-5-4-11(14)21/h2-3,6,8-9,11,14,27,32H,4-5,7H2,1H3,(H,29,30)/t11-,14-,19+/m1/s1. The van der Waals surface area contributed by atoms with E-state index in [-0.39, 0.29) is 24.3 Å². The number of fused-ring (bicyclic) bond motifs is 1. The number of hydrogen-bond donors (Lipinski definition) is 3. The van der Waals surface area contributed by atoms with Crippen molar-refractivity contribution in [3.8, 4) is 11.4 Å². The van der Waals surface area contributed by atoms with Crippen LogP contribution in [0.4, 0.5) is 32.2 Å². The molecule has 0 aromatic carbocycles. The number of rotatable bonds is 4. The van der Waals surface area contributed by atoms with E-state index in [0.717, 1.165) is 22.9 Å². The van der Waals surface area contributed by atoms with Gasteiger partial charge in [-0.1, -0.05) is 6.07 Å². The highest BCUT2D eigenvalue weighted by Crippen LogP contribution is 2.39. The molecule has 4 rings (SSSR count). The lowest BCUT2D eigenvalue weighted by Crippen LogP contribution is -2.46. The molecule has 0 saturated carbocycles. The Balaban J connectivity index is 1.77. The molecule has 0 aliphatic carbocycles. The van der Waals surface area contributed by atoms with Crippen molar-refractivity contribution in [3.05, 3.63) is 47.8 Å². The van der Waals surface area contributed by atoms with Gasteiger partial charge in [-0.15, -0.1) is 0 Å². The molecule has 3 aromatic heterocycles. The zero-order valence-corrected chi connectivity index (χ0v) is 16.7. The fourth-order valence-electron chi connectivity index (χ4n) is 3.50. The van der Waals surface area contributed by atoms with E-state index >= 15 is 0 Å². The molecule has 3 N–H and O–H groups in total. The Bertz CT molecular complexity index is 1150. The van der Waals surface area contributed by atoms with Crippen molar-refractivity contribution < 1.29 is 31.4 Å². The second-order valence-electron chi connectivity index (χ2n) is 7.77. The number of anilines is 1. The molecule has 12 heteroatoms. The third kappa shape index (κ3) is 3.88. The second-order valence-corrected chi connectivity index (χ2v) is 7.77. The minimum Gasteiger partial charge on any atom is -0.376 e. The largest absolute Gasteiger partial charge is 0.421 e. The number of aliphatic hydroxyl groups is 1. The zero-order valence-electron chi connectivity index (χ0n) is 16.7. The van der Waals surface area contributed by atoms with Crippen LogP contribution in [0.5, 0.6) is 0 Å². The number of alkyl halides is 4. The average Bonchev–Trinajstić information content (AvgIpc) is 3.13. The molecule has 6 nitrogen and oxygen atoms in total. The first-order valence-electron chi connectivity index (χ1n) is 9.73. The quantitative estimate of drug-likeness (QED) is 0.521. The summed E-state index contributed by atoms with van der Waals surface area (Å²) in [6.45, 7) is 1.27. The van der Waals surface area contributed by atoms with Gasteiger partial charge in [-0.05, 0) is 26.0 Å². The fraction of sp³-hybridized carbons (Fsp3) is 0.400. The van der Waals surface area contributed by atoms with Gasteiger partial charge < -0.3 is 15.7 Å². The summed E-state index contributed by atoms with van der Waals surface area (Å²) in [6.07, 6.45) is -3.90. The van der Waals surface area contributed by atoms with Gasteiger partial charge in [0, 0.05) is 24.4 Å². The average molecular weight is 459 g/mol. The van der Waals surface area contributed by atoms with Gasteiger partial charge in [0.2, 0.25) is 0 Å². The number of halogens is 6. The molecular weight excluding hydrogens is 440 g/mol. The van der Waals surface area contributed by atoms with Crippen LogP contribution in [0, 0.1) is 11.6 Å². The van der Waals surface area contributed by atoms with Crippen LogP contribution in [-0.4, -0.2) is 51.0 Å². The third-order valence-electron chi connectivity index (χ3n) is 5.51. The molecule has 3 aromatic rings. The number of piperidine rings is 1. The topological polar surface area (TPSA) is 74.5 Å². The molecule has 1 aliphatic rings. The molecule has 1 aliphatic heterocycles. The van der Waals surface area contributed by atoms with Gasteiger partial charge in [-0.3, -0.25) is 4.40 Å². The first kappa shape index (κ1) is 22.3. The smallest absolute Gasteiger partial charge is 0.376 e. The minimum absolute atomic E-state index is 0.0704. The van der Waals surface area contributed by atoms with Gasteiger partial charge in [0.15, 0.2) is 23.1 Å². The summed E-state index contributed by atoms with van der Waals surface area (Å²) in [4.78, 5) is 7.94. The number of imidazole rings is 1. The van der Waals surface area contributed by atoms with Crippen LogP contribution in [0.1, 0.15) is 18.9 Å². The van der Waals surface area contributed by atoms with E-state index in [1.165, 1.54) is 6.07 Å². The molecule has 1 saturated heterocycles. The van der Waals surface area contributed by atoms with Crippen molar-refractivity contribution in [3.63, 3.8) is 0 Å². The maximum Gasteiger partial charge on any atom is 0.421 e. The lowest BCUT2D eigenvalue weighted by molar-refractivity contribution is -0.259. The summed E-state index contributed by atoms with van der Waals surface area (Å²) in [5.74, 6) is -2.52. The van der Waals surface area contributed by atoms with Gasteiger partial charge >= 0.3 is 6.18 Å². The molecule has 0 bridgehead atoms. The number of nitrogens with one attached hydrogen (secondary N) is 2. The maximum atomic E-state index is 14.6. The predicted molar refractivity (Wildman–Crippen MR) is 104 cm³/mol. The molecule has 4 heterocycles. The summed E-state index contributed by atoms with van der Waals surface area (Å²) in [6, 6.07) is 2.04. The molecule has 32 heavy (non-hydrogen) atoms. The van der Waals surface area contributed by atoms with Crippen LogP contribution < -0.4 is 10.6 Å². The van der Waals surface area contributed by atoms with Crippen LogP contribution in [-0.2, 0) is 5.60 Å². The first-order valence-corrected chi connectivity index (χ1v) is 9.73. The van der Waals surface area contributed by atoms with Crippen LogP contribution in [0.25, 0.3) is 17.0 Å². The SMILES string of the molecule is C[C@](O)(c1ccc2ncc(-c3nc(N[C@@H]4CNCC[C@H]4F)c(F)cc3F)n2c1)C(F)(F)F. The van der Waals surface area contributed by atoms with E-state index < -0.39 is 52.7 Å². The Morgan fingerprint density at radius 3 is 2.66 bits per heavy atom. The molecule has 0 spiro atoms. The second kappa shape index (κ2) is 7.93. The normalized spacial score (nSPS) is 21.5. The van der Waals surface area contributed by atoms with Crippen LogP contribution in [0.2, 0.25) is 0 Å². The highest BCUT2D eigenvalue weighted by Gasteiger charge is 2.51. The molecule has 172 valence electrons. The Morgan fingerprint density at radius 2 is 1.97 bits per heavy atom. The van der Waals surface area contributed by atoms with E-state index in [9.17, 15) is 31.4 Å². The highest BCUT2D eigenvalue weighted by molar-refractivity contribution is 5.63. The van der Waals surface area contributed by atoms with E-state index in [2.05, 4.69) is 20.6 Å². The van der Waals surface area contributed by atoms with Crippen molar-refractivity contribution in [2.24, 2.45) is 0 Å². The van der Waals surface area contributed by atoms with Gasteiger partial charge in [-0.2, -0.15) is 13.2 Å². The van der Waals surface area contributed by atoms with Crippen molar-refractivity contribution in [1.82, 2.24) is 19.7 Å². The van der Waals surface area contributed by atoms with Gasteiger partial charge in [0.05, 0.1) is 17.9 Å². The number of pyridine rings is 2. The molecule has 1 fully saturated rings. The Morgan fingerprint density at radius 1 is 1.22 bits per heavy atom. The van der Waals surface area contributed by atoms with Crippen molar-refractivity contribution in [1.29, 1.82) is 0 Å². The lowest BCUT2D eigenvalue weighted by Gasteiger charge is -2.28. The number of nitrogens with zero attached hydrogens (tertiary/aromatic N) is 3. The third-order valence-corrected chi connectivity index (χ3v) is 5.51. The van der Waals surface area contributed by atoms with E-state index in [4.69, 9.17) is 0 Å². The summed E-state index contributed by atoms with van der Waals surface area (Å²) in [5.41, 5.74) is -3.99. The lowest BCUT2D eigenvalue weighted by atomic mass is 9.97. The summed E-state index contributed by atoms with van der Waals surface area (Å²) in [5, 5.41) is 15.6. The molecule has 3 atom stereocenters. The van der Waals surface area contributed by atoms with Gasteiger partial charge in [0.25, 0.3) is 0 Å². The van der Waals surface area contributed by atoms with Crippen molar-refractivity contribution >= 4 is 11.5 Å². The number of aromatic nitrogens is 3. The number of hydrogen-bond acceptors (Lipinski definition) is 5. The van der Waals surface area contributed by atoms with Crippen molar-refractivity contribution in [2.45, 2.75) is 37.3 Å².